The number of halogens is 2. The normalized spacial score (nSPS) is 13.6. The van der Waals surface area contributed by atoms with E-state index in [2.05, 4.69) is 5.32 Å². The van der Waals surface area contributed by atoms with E-state index in [9.17, 15) is 18.7 Å². The number of rotatable bonds is 4. The third-order valence-corrected chi connectivity index (χ3v) is 3.06. The van der Waals surface area contributed by atoms with E-state index in [0.29, 0.717) is 5.69 Å². The lowest BCUT2D eigenvalue weighted by Crippen LogP contribution is -2.41. The minimum Gasteiger partial charge on any atom is -0.479 e. The van der Waals surface area contributed by atoms with Crippen molar-refractivity contribution in [1.29, 1.82) is 0 Å². The molecule has 0 amide bonds. The average molecular weight is 277 g/mol. The second kappa shape index (κ2) is 5.28. The van der Waals surface area contributed by atoms with E-state index in [4.69, 9.17) is 0 Å². The van der Waals surface area contributed by atoms with E-state index < -0.39 is 23.1 Å². The van der Waals surface area contributed by atoms with Crippen LogP contribution in [0.3, 0.4) is 0 Å². The SMILES string of the molecule is CC(Nc1ccccc1)(C(=O)O)c1cc(F)ccc1F. The van der Waals surface area contributed by atoms with Gasteiger partial charge in [0.15, 0.2) is 5.54 Å². The molecule has 0 saturated carbocycles. The summed E-state index contributed by atoms with van der Waals surface area (Å²) in [5.41, 5.74) is -1.53. The van der Waals surface area contributed by atoms with Crippen molar-refractivity contribution in [3.63, 3.8) is 0 Å². The molecule has 2 aromatic rings. The molecule has 2 aromatic carbocycles. The Kier molecular flexibility index (Phi) is 3.70. The topological polar surface area (TPSA) is 49.3 Å². The molecular formula is C15H13F2NO2. The average Bonchev–Trinajstić information content (AvgIpc) is 2.42. The number of anilines is 1. The van der Waals surface area contributed by atoms with Crippen LogP contribution in [0, 0.1) is 11.6 Å². The predicted octanol–water partition coefficient (Wildman–Crippen LogP) is 3.38. The monoisotopic (exact) mass is 277 g/mol. The first kappa shape index (κ1) is 14.0. The number of hydrogen-bond acceptors (Lipinski definition) is 2. The molecule has 0 bridgehead atoms. The molecule has 0 aliphatic rings. The Hall–Kier alpha value is -2.43. The van der Waals surface area contributed by atoms with Crippen molar-refractivity contribution in [3.05, 3.63) is 65.7 Å². The molecule has 0 radical (unpaired) electrons. The highest BCUT2D eigenvalue weighted by molar-refractivity contribution is 5.84. The van der Waals surface area contributed by atoms with Crippen LogP contribution in [-0.4, -0.2) is 11.1 Å². The largest absolute Gasteiger partial charge is 0.479 e. The third kappa shape index (κ3) is 2.61. The molecular weight excluding hydrogens is 264 g/mol. The van der Waals surface area contributed by atoms with Crippen LogP contribution in [0.5, 0.6) is 0 Å². The van der Waals surface area contributed by atoms with Gasteiger partial charge < -0.3 is 10.4 Å². The number of carboxylic acid groups (broad SMARTS) is 1. The van der Waals surface area contributed by atoms with Crippen LogP contribution in [0.4, 0.5) is 14.5 Å². The molecule has 0 spiro atoms. The standard InChI is InChI=1S/C15H13F2NO2/c1-15(14(19)20,18-11-5-3-2-4-6-11)12-9-10(16)7-8-13(12)17/h2-9,18H,1H3,(H,19,20). The zero-order valence-corrected chi connectivity index (χ0v) is 10.7. The molecule has 0 aromatic heterocycles. The number of aliphatic carboxylic acids is 1. The van der Waals surface area contributed by atoms with E-state index >= 15 is 0 Å². The summed E-state index contributed by atoms with van der Waals surface area (Å²) in [7, 11) is 0. The minimum absolute atomic E-state index is 0.256. The zero-order chi connectivity index (χ0) is 14.8. The Morgan fingerprint density at radius 2 is 1.80 bits per heavy atom. The molecule has 0 fully saturated rings. The summed E-state index contributed by atoms with van der Waals surface area (Å²) in [6.45, 7) is 1.29. The number of benzene rings is 2. The van der Waals surface area contributed by atoms with Crippen LogP contribution in [0.25, 0.3) is 0 Å². The number of para-hydroxylation sites is 1. The molecule has 1 atom stereocenters. The maximum atomic E-state index is 13.9. The van der Waals surface area contributed by atoms with Crippen molar-refractivity contribution in [2.75, 3.05) is 5.32 Å². The fourth-order valence-corrected chi connectivity index (χ4v) is 1.93. The van der Waals surface area contributed by atoms with Gasteiger partial charge in [-0.15, -0.1) is 0 Å². The second-order valence-corrected chi connectivity index (χ2v) is 4.55. The molecule has 1 unspecified atom stereocenters. The van der Waals surface area contributed by atoms with Crippen molar-refractivity contribution < 1.29 is 18.7 Å². The first-order chi connectivity index (χ1) is 9.43. The molecule has 5 heteroatoms. The van der Waals surface area contributed by atoms with Crippen molar-refractivity contribution in [2.45, 2.75) is 12.5 Å². The highest BCUT2D eigenvalue weighted by Gasteiger charge is 2.38. The lowest BCUT2D eigenvalue weighted by atomic mass is 9.91. The lowest BCUT2D eigenvalue weighted by molar-refractivity contribution is -0.142. The van der Waals surface area contributed by atoms with Gasteiger partial charge in [-0.25, -0.2) is 13.6 Å². The van der Waals surface area contributed by atoms with E-state index in [1.54, 1.807) is 30.3 Å². The Morgan fingerprint density at radius 3 is 2.40 bits per heavy atom. The number of carbonyl (C=O) groups is 1. The fraction of sp³-hybridized carbons (Fsp3) is 0.133. The summed E-state index contributed by atoms with van der Waals surface area (Å²) in [4.78, 5) is 11.5. The third-order valence-electron chi connectivity index (χ3n) is 3.06. The quantitative estimate of drug-likeness (QED) is 0.900. The van der Waals surface area contributed by atoms with Crippen molar-refractivity contribution in [2.24, 2.45) is 0 Å². The molecule has 2 N–H and O–H groups in total. The molecule has 0 aliphatic carbocycles. The fourth-order valence-electron chi connectivity index (χ4n) is 1.93. The molecule has 0 aliphatic heterocycles. The highest BCUT2D eigenvalue weighted by Crippen LogP contribution is 2.29. The molecule has 2 rings (SSSR count). The first-order valence-electron chi connectivity index (χ1n) is 5.95. The number of carboxylic acids is 1. The predicted molar refractivity (Wildman–Crippen MR) is 71.4 cm³/mol. The van der Waals surface area contributed by atoms with Crippen LogP contribution < -0.4 is 5.32 Å². The highest BCUT2D eigenvalue weighted by atomic mass is 19.1. The van der Waals surface area contributed by atoms with Gasteiger partial charge in [0.25, 0.3) is 0 Å². The summed E-state index contributed by atoms with van der Waals surface area (Å²) in [6, 6.07) is 11.3. The van der Waals surface area contributed by atoms with Gasteiger partial charge in [-0.05, 0) is 37.3 Å². The zero-order valence-electron chi connectivity index (χ0n) is 10.7. The molecule has 20 heavy (non-hydrogen) atoms. The molecule has 104 valence electrons. The molecule has 0 heterocycles. The Morgan fingerprint density at radius 1 is 1.15 bits per heavy atom. The van der Waals surface area contributed by atoms with Crippen LogP contribution >= 0.6 is 0 Å². The van der Waals surface area contributed by atoms with E-state index in [1.165, 1.54) is 6.92 Å². The Balaban J connectivity index is 2.49. The van der Waals surface area contributed by atoms with E-state index in [-0.39, 0.29) is 5.56 Å². The van der Waals surface area contributed by atoms with Gasteiger partial charge in [-0.3, -0.25) is 0 Å². The summed E-state index contributed by atoms with van der Waals surface area (Å²) < 4.78 is 27.2. The van der Waals surface area contributed by atoms with Crippen molar-refractivity contribution in [1.82, 2.24) is 0 Å². The minimum atomic E-state index is -1.77. The van der Waals surface area contributed by atoms with Gasteiger partial charge in [0.05, 0.1) is 0 Å². The van der Waals surface area contributed by atoms with Crippen molar-refractivity contribution in [3.8, 4) is 0 Å². The summed E-state index contributed by atoms with van der Waals surface area (Å²) >= 11 is 0. The molecule has 0 saturated heterocycles. The first-order valence-corrected chi connectivity index (χ1v) is 5.95. The van der Waals surface area contributed by atoms with Crippen LogP contribution in [-0.2, 0) is 10.3 Å². The van der Waals surface area contributed by atoms with Gasteiger partial charge in [-0.1, -0.05) is 18.2 Å². The number of nitrogens with one attached hydrogen (secondary N) is 1. The summed E-state index contributed by atoms with van der Waals surface area (Å²) in [5.74, 6) is -2.77. The van der Waals surface area contributed by atoms with Gasteiger partial charge in [0.1, 0.15) is 11.6 Å². The van der Waals surface area contributed by atoms with Crippen LogP contribution in [0.1, 0.15) is 12.5 Å². The van der Waals surface area contributed by atoms with Gasteiger partial charge in [0, 0.05) is 11.3 Å². The Bertz CT molecular complexity index is 631. The maximum Gasteiger partial charge on any atom is 0.333 e. The number of hydrogen-bond donors (Lipinski definition) is 2. The van der Waals surface area contributed by atoms with Crippen LogP contribution in [0.15, 0.2) is 48.5 Å². The maximum absolute atomic E-state index is 13.9. The van der Waals surface area contributed by atoms with E-state index in [0.717, 1.165) is 18.2 Å². The van der Waals surface area contributed by atoms with Gasteiger partial charge in [-0.2, -0.15) is 0 Å². The smallest absolute Gasteiger partial charge is 0.333 e. The summed E-state index contributed by atoms with van der Waals surface area (Å²) in [6.07, 6.45) is 0. The van der Waals surface area contributed by atoms with Crippen LogP contribution in [0.2, 0.25) is 0 Å². The van der Waals surface area contributed by atoms with Gasteiger partial charge >= 0.3 is 5.97 Å². The van der Waals surface area contributed by atoms with Crippen molar-refractivity contribution >= 4 is 11.7 Å². The van der Waals surface area contributed by atoms with E-state index in [1.807, 2.05) is 0 Å². The lowest BCUT2D eigenvalue weighted by Gasteiger charge is -2.28. The second-order valence-electron chi connectivity index (χ2n) is 4.55. The Labute approximate surface area is 114 Å². The summed E-state index contributed by atoms with van der Waals surface area (Å²) in [5, 5.41) is 12.1. The van der Waals surface area contributed by atoms with Gasteiger partial charge in [0.2, 0.25) is 0 Å². The molecule has 3 nitrogen and oxygen atoms in total.